The zero-order chi connectivity index (χ0) is 11.0. The molecule has 0 spiro atoms. The SMILES string of the molecule is C#CC(Br)[Si](CCC)(CCC)CCC. The van der Waals surface area contributed by atoms with Crippen LogP contribution in [-0.2, 0) is 0 Å². The van der Waals surface area contributed by atoms with Crippen molar-refractivity contribution in [3.63, 3.8) is 0 Å². The Hall–Kier alpha value is 0.257. The first-order chi connectivity index (χ1) is 6.66. The van der Waals surface area contributed by atoms with Crippen molar-refractivity contribution in [1.29, 1.82) is 0 Å². The third kappa shape index (κ3) is 3.79. The predicted molar refractivity (Wildman–Crippen MR) is 72.6 cm³/mol. The largest absolute Gasteiger partial charge is 0.119 e. The van der Waals surface area contributed by atoms with Crippen LogP contribution in [0.15, 0.2) is 0 Å². The van der Waals surface area contributed by atoms with Crippen molar-refractivity contribution < 1.29 is 0 Å². The standard InChI is InChI=1S/C12H23BrSi/c1-5-9-14(10-6-2,11-7-3)12(13)8-4/h4,12H,5-7,9-11H2,1-3H3. The molecule has 0 bridgehead atoms. The predicted octanol–water partition coefficient (Wildman–Crippen LogP) is 4.60. The van der Waals surface area contributed by atoms with E-state index in [0.717, 1.165) is 0 Å². The van der Waals surface area contributed by atoms with E-state index in [0.29, 0.717) is 4.45 Å². The summed E-state index contributed by atoms with van der Waals surface area (Å²) in [6.07, 6.45) is 9.45. The molecule has 14 heavy (non-hydrogen) atoms. The lowest BCUT2D eigenvalue weighted by atomic mass is 10.5. The minimum absolute atomic E-state index is 0.384. The van der Waals surface area contributed by atoms with E-state index in [4.69, 9.17) is 6.42 Å². The highest BCUT2D eigenvalue weighted by Gasteiger charge is 2.36. The maximum absolute atomic E-state index is 5.59. The van der Waals surface area contributed by atoms with Gasteiger partial charge in [0.05, 0.1) is 12.5 Å². The number of halogens is 1. The highest BCUT2D eigenvalue weighted by molar-refractivity contribution is 9.10. The van der Waals surface area contributed by atoms with E-state index in [1.165, 1.54) is 37.4 Å². The van der Waals surface area contributed by atoms with Crippen LogP contribution in [0, 0.1) is 12.3 Å². The van der Waals surface area contributed by atoms with Gasteiger partial charge in [0.15, 0.2) is 0 Å². The number of hydrogen-bond donors (Lipinski definition) is 0. The Morgan fingerprint density at radius 3 is 1.64 bits per heavy atom. The lowest BCUT2D eigenvalue weighted by molar-refractivity contribution is 0.917. The topological polar surface area (TPSA) is 0 Å². The summed E-state index contributed by atoms with van der Waals surface area (Å²) in [5.41, 5.74) is 0. The van der Waals surface area contributed by atoms with Gasteiger partial charge in [0, 0.05) is 0 Å². The molecule has 1 atom stereocenters. The van der Waals surface area contributed by atoms with E-state index in [9.17, 15) is 0 Å². The van der Waals surface area contributed by atoms with Crippen LogP contribution in [0.1, 0.15) is 40.0 Å². The fourth-order valence-electron chi connectivity index (χ4n) is 2.43. The molecule has 2 heteroatoms. The van der Waals surface area contributed by atoms with Crippen molar-refractivity contribution in [3.8, 4) is 12.3 Å². The number of alkyl halides is 1. The first-order valence-electron chi connectivity index (χ1n) is 5.77. The Bertz CT molecular complexity index is 166. The van der Waals surface area contributed by atoms with Crippen LogP contribution in [0.5, 0.6) is 0 Å². The maximum atomic E-state index is 5.59. The van der Waals surface area contributed by atoms with Gasteiger partial charge in [-0.05, 0) is 0 Å². The fraction of sp³-hybridized carbons (Fsp3) is 0.833. The molecule has 0 saturated carbocycles. The van der Waals surface area contributed by atoms with Crippen LogP contribution in [0.25, 0.3) is 0 Å². The molecule has 0 radical (unpaired) electrons. The average molecular weight is 275 g/mol. The highest BCUT2D eigenvalue weighted by atomic mass is 79.9. The molecule has 0 aliphatic heterocycles. The summed E-state index contributed by atoms with van der Waals surface area (Å²) >= 11 is 3.73. The third-order valence-corrected chi connectivity index (χ3v) is 11.8. The molecule has 0 heterocycles. The minimum atomic E-state index is -1.22. The van der Waals surface area contributed by atoms with Gasteiger partial charge in [-0.15, -0.1) is 6.42 Å². The van der Waals surface area contributed by atoms with Crippen LogP contribution in [0.2, 0.25) is 18.1 Å². The van der Waals surface area contributed by atoms with E-state index in [-0.39, 0.29) is 0 Å². The van der Waals surface area contributed by atoms with E-state index in [1.54, 1.807) is 0 Å². The first-order valence-corrected chi connectivity index (χ1v) is 9.38. The lowest BCUT2D eigenvalue weighted by Crippen LogP contribution is -2.43. The molecule has 0 saturated heterocycles. The van der Waals surface area contributed by atoms with Gasteiger partial charge < -0.3 is 0 Å². The Kier molecular flexibility index (Phi) is 7.67. The smallest absolute Gasteiger partial charge is 0.0838 e. The Morgan fingerprint density at radius 2 is 1.43 bits per heavy atom. The van der Waals surface area contributed by atoms with Crippen LogP contribution in [-0.4, -0.2) is 12.5 Å². The van der Waals surface area contributed by atoms with Gasteiger partial charge in [-0.3, -0.25) is 0 Å². The highest BCUT2D eigenvalue weighted by Crippen LogP contribution is 2.32. The van der Waals surface area contributed by atoms with Crippen LogP contribution < -0.4 is 0 Å². The molecule has 82 valence electrons. The zero-order valence-corrected chi connectivity index (χ0v) is 12.4. The molecule has 0 amide bonds. The molecule has 0 aromatic heterocycles. The molecule has 0 N–H and O–H groups in total. The molecule has 0 aromatic rings. The van der Waals surface area contributed by atoms with E-state index >= 15 is 0 Å². The van der Waals surface area contributed by atoms with Crippen molar-refractivity contribution in [2.45, 2.75) is 62.6 Å². The lowest BCUT2D eigenvalue weighted by Gasteiger charge is -2.33. The van der Waals surface area contributed by atoms with Gasteiger partial charge in [-0.2, -0.15) is 0 Å². The van der Waals surface area contributed by atoms with Crippen molar-refractivity contribution in [1.82, 2.24) is 0 Å². The van der Waals surface area contributed by atoms with Gasteiger partial charge in [0.1, 0.15) is 0 Å². The summed E-state index contributed by atoms with van der Waals surface area (Å²) in [5, 5.41) is 0. The van der Waals surface area contributed by atoms with E-state index in [1.807, 2.05) is 0 Å². The van der Waals surface area contributed by atoms with Crippen molar-refractivity contribution in [2.75, 3.05) is 0 Å². The Balaban J connectivity index is 4.64. The molecule has 0 fully saturated rings. The third-order valence-electron chi connectivity index (χ3n) is 2.93. The molecular formula is C12H23BrSi. The zero-order valence-electron chi connectivity index (χ0n) is 9.78. The Labute approximate surface area is 99.0 Å². The minimum Gasteiger partial charge on any atom is -0.119 e. The van der Waals surface area contributed by atoms with Gasteiger partial charge in [-0.25, -0.2) is 0 Å². The summed E-state index contributed by atoms with van der Waals surface area (Å²) in [7, 11) is -1.22. The van der Waals surface area contributed by atoms with Gasteiger partial charge in [0.25, 0.3) is 0 Å². The van der Waals surface area contributed by atoms with Gasteiger partial charge in [0.2, 0.25) is 0 Å². The monoisotopic (exact) mass is 274 g/mol. The quantitative estimate of drug-likeness (QED) is 0.362. The first kappa shape index (κ1) is 14.3. The van der Waals surface area contributed by atoms with Crippen LogP contribution in [0.3, 0.4) is 0 Å². The summed E-state index contributed by atoms with van der Waals surface area (Å²) in [6.45, 7) is 6.84. The average Bonchev–Trinajstić information content (AvgIpc) is 2.17. The van der Waals surface area contributed by atoms with E-state index < -0.39 is 8.07 Å². The summed E-state index contributed by atoms with van der Waals surface area (Å²) < 4.78 is 0.384. The summed E-state index contributed by atoms with van der Waals surface area (Å²) in [6, 6.07) is 4.15. The van der Waals surface area contributed by atoms with Gasteiger partial charge >= 0.3 is 0 Å². The summed E-state index contributed by atoms with van der Waals surface area (Å²) in [5.74, 6) is 2.94. The van der Waals surface area contributed by atoms with Gasteiger partial charge in [-0.1, -0.05) is 80.0 Å². The molecule has 0 nitrogen and oxygen atoms in total. The molecular weight excluding hydrogens is 252 g/mol. The second-order valence-electron chi connectivity index (χ2n) is 4.14. The van der Waals surface area contributed by atoms with Crippen LogP contribution in [0.4, 0.5) is 0 Å². The Morgan fingerprint density at radius 1 is 1.07 bits per heavy atom. The molecule has 1 unspecified atom stereocenters. The molecule has 0 aliphatic rings. The van der Waals surface area contributed by atoms with Crippen molar-refractivity contribution in [3.05, 3.63) is 0 Å². The number of rotatable bonds is 7. The maximum Gasteiger partial charge on any atom is 0.0838 e. The van der Waals surface area contributed by atoms with E-state index in [2.05, 4.69) is 42.6 Å². The summed E-state index contributed by atoms with van der Waals surface area (Å²) in [4.78, 5) is 0. The number of hydrogen-bond acceptors (Lipinski definition) is 0. The van der Waals surface area contributed by atoms with Crippen molar-refractivity contribution >= 4 is 24.0 Å². The van der Waals surface area contributed by atoms with Crippen molar-refractivity contribution in [2.24, 2.45) is 0 Å². The van der Waals surface area contributed by atoms with Crippen LogP contribution >= 0.6 is 15.9 Å². The fourth-order valence-corrected chi connectivity index (χ4v) is 9.34. The molecule has 0 rings (SSSR count). The molecule has 0 aromatic carbocycles. The second kappa shape index (κ2) is 7.54. The number of terminal acetylenes is 1. The molecule has 0 aliphatic carbocycles. The normalized spacial score (nSPS) is 13.6. The second-order valence-corrected chi connectivity index (χ2v) is 10.7.